The maximum absolute atomic E-state index is 13.4. The number of nitrogens with zero attached hydrogens (tertiary/aromatic N) is 8. The zero-order valence-electron chi connectivity index (χ0n) is 22.0. The van der Waals surface area contributed by atoms with Crippen molar-refractivity contribution in [3.63, 3.8) is 0 Å². The molecule has 44 heavy (non-hydrogen) atoms. The average Bonchev–Trinajstić information content (AvgIpc) is 3.73. The van der Waals surface area contributed by atoms with Gasteiger partial charge in [-0.3, -0.25) is 27.2 Å². The number of thiol groups is 1. The van der Waals surface area contributed by atoms with Crippen molar-refractivity contribution >= 4 is 60.8 Å². The maximum Gasteiger partial charge on any atom is 0.472 e. The molecule has 0 saturated carbocycles. The van der Waals surface area contributed by atoms with Gasteiger partial charge in [0.1, 0.15) is 60.3 Å². The number of hydrogen-bond acceptors (Lipinski definition) is 18. The smallest absolute Gasteiger partial charge is 0.386 e. The number of aliphatic hydroxyl groups is 2. The van der Waals surface area contributed by atoms with Crippen LogP contribution in [-0.2, 0) is 36.7 Å². The minimum absolute atomic E-state index is 0.0737. The van der Waals surface area contributed by atoms with Crippen LogP contribution in [0, 0.1) is 0 Å². The van der Waals surface area contributed by atoms with E-state index in [1.807, 2.05) is 0 Å². The van der Waals surface area contributed by atoms with Crippen molar-refractivity contribution in [3.8, 4) is 0 Å². The summed E-state index contributed by atoms with van der Waals surface area (Å²) in [5.41, 5.74) is 12.5. The molecule has 236 valence electrons. The van der Waals surface area contributed by atoms with Crippen LogP contribution < -0.4 is 11.5 Å². The fourth-order valence-corrected chi connectivity index (χ4v) is 7.70. The summed E-state index contributed by atoms with van der Waals surface area (Å²) < 4.78 is 62.5. The number of nitrogens with two attached hydrogens (primary N) is 2. The predicted octanol–water partition coefficient (Wildman–Crippen LogP) is -0.697. The van der Waals surface area contributed by atoms with Crippen LogP contribution in [0.4, 0.5) is 11.6 Å². The summed E-state index contributed by atoms with van der Waals surface area (Å²) in [6, 6.07) is 0. The first-order chi connectivity index (χ1) is 20.9. The van der Waals surface area contributed by atoms with E-state index in [1.54, 1.807) is 0 Å². The van der Waals surface area contributed by atoms with Crippen molar-refractivity contribution in [2.24, 2.45) is 0 Å². The van der Waals surface area contributed by atoms with Gasteiger partial charge in [0.25, 0.3) is 0 Å². The van der Waals surface area contributed by atoms with Crippen LogP contribution in [0.5, 0.6) is 0 Å². The minimum atomic E-state index is -4.96. The van der Waals surface area contributed by atoms with E-state index in [2.05, 4.69) is 42.2 Å². The molecule has 3 saturated heterocycles. The van der Waals surface area contributed by atoms with E-state index in [9.17, 15) is 24.2 Å². The Balaban J connectivity index is 1.17. The lowest BCUT2D eigenvalue weighted by atomic mass is 10.1. The number of aliphatic hydroxyl groups excluding tert-OH is 2. The van der Waals surface area contributed by atoms with Crippen molar-refractivity contribution in [1.29, 1.82) is 0 Å². The number of aromatic nitrogens is 8. The van der Waals surface area contributed by atoms with Gasteiger partial charge in [-0.05, 0) is 0 Å². The van der Waals surface area contributed by atoms with Gasteiger partial charge in [-0.25, -0.2) is 39.0 Å². The number of phosphoric ester groups is 1. The van der Waals surface area contributed by atoms with Crippen LogP contribution in [0.2, 0.25) is 0 Å². The zero-order valence-corrected chi connectivity index (χ0v) is 24.7. The predicted molar refractivity (Wildman–Crippen MR) is 147 cm³/mol. The summed E-state index contributed by atoms with van der Waals surface area (Å²) in [6.45, 7) is -5.62. The summed E-state index contributed by atoms with van der Waals surface area (Å²) >= 11 is 4.05. The van der Waals surface area contributed by atoms with Crippen LogP contribution in [0.15, 0.2) is 25.3 Å². The Kier molecular flexibility index (Phi) is 7.39. The quantitative estimate of drug-likeness (QED) is 0.113. The molecule has 7 rings (SSSR count). The Morgan fingerprint density at radius 1 is 0.773 bits per heavy atom. The lowest BCUT2D eigenvalue weighted by Gasteiger charge is -2.28. The van der Waals surface area contributed by atoms with Gasteiger partial charge in [0, 0.05) is 0 Å². The van der Waals surface area contributed by atoms with E-state index in [-0.39, 0.29) is 34.0 Å². The Labute approximate surface area is 250 Å². The molecular formula is C20H24N10O11P2S. The van der Waals surface area contributed by atoms with E-state index < -0.39 is 76.9 Å². The van der Waals surface area contributed by atoms with Gasteiger partial charge in [0.05, 0.1) is 25.9 Å². The fraction of sp³-hybridized carbons (Fsp3) is 0.500. The van der Waals surface area contributed by atoms with E-state index in [0.29, 0.717) is 0 Å². The number of fused-ring (bicyclic) bond motifs is 4. The molecule has 24 heteroatoms. The summed E-state index contributed by atoms with van der Waals surface area (Å²) in [5.74, 6) is 0.152. The number of phosphoric acid groups is 1. The highest BCUT2D eigenvalue weighted by Crippen LogP contribution is 2.58. The number of rotatable bonds is 2. The molecule has 7 N–H and O–H groups in total. The van der Waals surface area contributed by atoms with E-state index in [0.717, 1.165) is 0 Å². The Bertz CT molecular complexity index is 1700. The largest absolute Gasteiger partial charge is 0.472 e. The van der Waals surface area contributed by atoms with Crippen LogP contribution in [-0.4, -0.2) is 104 Å². The third kappa shape index (κ3) is 5.15. The summed E-state index contributed by atoms with van der Waals surface area (Å²) in [5, 5.41) is 22.4. The molecule has 3 aliphatic heterocycles. The number of ether oxygens (including phenoxy) is 2. The van der Waals surface area contributed by atoms with Crippen LogP contribution in [0.25, 0.3) is 22.3 Å². The first-order valence-electron chi connectivity index (χ1n) is 12.8. The first kappa shape index (κ1) is 29.8. The number of anilines is 2. The molecule has 0 amide bonds. The van der Waals surface area contributed by atoms with Crippen molar-refractivity contribution < 1.29 is 51.8 Å². The van der Waals surface area contributed by atoms with Gasteiger partial charge >= 0.3 is 14.6 Å². The summed E-state index contributed by atoms with van der Waals surface area (Å²) in [7, 11) is -4.96. The lowest BCUT2D eigenvalue weighted by molar-refractivity contribution is -0.0614. The van der Waals surface area contributed by atoms with Gasteiger partial charge < -0.3 is 36.0 Å². The van der Waals surface area contributed by atoms with Crippen LogP contribution in [0.3, 0.4) is 0 Å². The highest BCUT2D eigenvalue weighted by molar-refractivity contribution is 8.44. The molecule has 1 unspecified atom stereocenters. The lowest BCUT2D eigenvalue weighted by Crippen LogP contribution is -2.38. The highest BCUT2D eigenvalue weighted by Gasteiger charge is 2.53. The Morgan fingerprint density at radius 3 is 1.77 bits per heavy atom. The zero-order chi connectivity index (χ0) is 31.0. The molecule has 7 heterocycles. The first-order valence-corrected chi connectivity index (χ1v) is 17.0. The third-order valence-electron chi connectivity index (χ3n) is 7.26. The molecule has 3 fully saturated rings. The Hall–Kier alpha value is -2.85. The highest BCUT2D eigenvalue weighted by atomic mass is 32.7. The van der Waals surface area contributed by atoms with Gasteiger partial charge in [0.2, 0.25) is 0 Å². The molecule has 4 aromatic rings. The number of nitrogen functional groups attached to an aromatic ring is 2. The van der Waals surface area contributed by atoms with E-state index >= 15 is 0 Å². The summed E-state index contributed by atoms with van der Waals surface area (Å²) in [4.78, 5) is 34.9. The molecule has 21 nitrogen and oxygen atoms in total. The molecule has 0 spiro atoms. The second kappa shape index (κ2) is 10.9. The molecule has 0 radical (unpaired) electrons. The molecule has 0 bridgehead atoms. The number of hydrogen-bond donors (Lipinski definition) is 6. The normalized spacial score (nSPS) is 38.3. The van der Waals surface area contributed by atoms with Crippen LogP contribution >= 0.6 is 26.9 Å². The van der Waals surface area contributed by atoms with Gasteiger partial charge in [-0.1, -0.05) is 12.2 Å². The SMILES string of the molecule is Nc1ncnc2c1ncn2[C@@H]1O[C@@H]2CO[P@](=O)(S)O[C@H]3[C@@H](O)[C@H](n4cnc5c(N)ncnc54)O[C@@H]3COP(=O)(O)O[C@H]2[C@H]1O. The molecular weight excluding hydrogens is 650 g/mol. The molecule has 10 atom stereocenters. The molecule has 3 aliphatic rings. The van der Waals surface area contributed by atoms with E-state index in [1.165, 1.54) is 34.4 Å². The van der Waals surface area contributed by atoms with Gasteiger partial charge in [-0.2, -0.15) is 0 Å². The van der Waals surface area contributed by atoms with Crippen molar-refractivity contribution in [1.82, 2.24) is 39.0 Å². The fourth-order valence-electron chi connectivity index (χ4n) is 5.24. The van der Waals surface area contributed by atoms with Crippen LogP contribution in [0.1, 0.15) is 12.5 Å². The van der Waals surface area contributed by atoms with Crippen molar-refractivity contribution in [2.45, 2.75) is 49.1 Å². The standard InChI is InChI=1S/C20H24N10O11P2S/c21-15-9-17(25-3-23-15)29(5-27-9)19-11(31)13-8(39-19)2-37-43(35,44)41-14-7(1-36-42(33,34)40-13)38-20(12(14)32)30-6-28-10-16(22)24-4-26-18(10)30/h3-8,11-14,19-20,31-32H,1-2H2,(H,33,34)(H,35,44)(H2,21,23,25)(H2,22,24,26)/t7-,8-,11-,12-,13-,14-,19-,20-,43+/m1/s1. The maximum atomic E-state index is 13.4. The monoisotopic (exact) mass is 674 g/mol. The van der Waals surface area contributed by atoms with E-state index in [4.69, 9.17) is 39.0 Å². The van der Waals surface area contributed by atoms with Gasteiger partial charge in [-0.15, -0.1) is 0 Å². The number of imidazole rings is 2. The average molecular weight is 674 g/mol. The second-order valence-corrected chi connectivity index (χ2v) is 14.2. The molecule has 4 aromatic heterocycles. The van der Waals surface area contributed by atoms with Gasteiger partial charge in [0.15, 0.2) is 35.4 Å². The second-order valence-electron chi connectivity index (χ2n) is 9.95. The van der Waals surface area contributed by atoms with Crippen molar-refractivity contribution in [2.75, 3.05) is 24.7 Å². The summed E-state index contributed by atoms with van der Waals surface area (Å²) in [6.07, 6.45) is -6.40. The third-order valence-corrected chi connectivity index (χ3v) is 9.85. The topological polar surface area (TPSA) is 289 Å². The Morgan fingerprint density at radius 2 is 1.25 bits per heavy atom. The minimum Gasteiger partial charge on any atom is -0.386 e. The van der Waals surface area contributed by atoms with Crippen molar-refractivity contribution in [3.05, 3.63) is 25.3 Å². The molecule has 0 aliphatic carbocycles. The molecule has 0 aromatic carbocycles.